The highest BCUT2D eigenvalue weighted by molar-refractivity contribution is 7.89. The second-order valence-corrected chi connectivity index (χ2v) is 5.44. The molecule has 6 nitrogen and oxygen atoms in total. The molecule has 8 heteroatoms. The van der Waals surface area contributed by atoms with E-state index < -0.39 is 21.7 Å². The predicted octanol–water partition coefficient (Wildman–Crippen LogP) is -0.184. The molecule has 0 saturated heterocycles. The van der Waals surface area contributed by atoms with Gasteiger partial charge in [0.1, 0.15) is 5.82 Å². The zero-order valence-electron chi connectivity index (χ0n) is 9.52. The number of nitrogens with one attached hydrogen (secondary N) is 1. The molecule has 0 fully saturated rings. The zero-order valence-corrected chi connectivity index (χ0v) is 10.3. The van der Waals surface area contributed by atoms with Gasteiger partial charge >= 0.3 is 0 Å². The average Bonchev–Trinajstić information content (AvgIpc) is 2.22. The largest absolute Gasteiger partial charge is 0.398 e. The fraction of sp³-hybridized carbons (Fsp3) is 0.300. The summed E-state index contributed by atoms with van der Waals surface area (Å²) in [5, 5.41) is 7.27. The number of carbonyl (C=O) groups excluding carboxylic acids is 1. The maximum absolute atomic E-state index is 12.8. The topological polar surface area (TPSA) is 115 Å². The van der Waals surface area contributed by atoms with Gasteiger partial charge in [-0.25, -0.2) is 17.9 Å². The molecule has 1 aromatic rings. The SMILES string of the molecule is Nc1cc(F)ccc1C(=O)NCCCS(N)(=O)=O. The molecule has 1 amide bonds. The summed E-state index contributed by atoms with van der Waals surface area (Å²) in [5.74, 6) is -1.23. The third-order valence-corrected chi connectivity index (χ3v) is 3.01. The van der Waals surface area contributed by atoms with Gasteiger partial charge in [-0.3, -0.25) is 4.79 Å². The second-order valence-electron chi connectivity index (χ2n) is 3.71. The number of nitrogen functional groups attached to an aromatic ring is 1. The first kappa shape index (κ1) is 14.4. The van der Waals surface area contributed by atoms with Crippen molar-refractivity contribution in [1.82, 2.24) is 5.32 Å². The van der Waals surface area contributed by atoms with Crippen LogP contribution >= 0.6 is 0 Å². The van der Waals surface area contributed by atoms with Crippen LogP contribution in [0, 0.1) is 5.82 Å². The third-order valence-electron chi connectivity index (χ3n) is 2.15. The fourth-order valence-electron chi connectivity index (χ4n) is 1.31. The maximum Gasteiger partial charge on any atom is 0.253 e. The van der Waals surface area contributed by atoms with Gasteiger partial charge in [0.25, 0.3) is 5.91 Å². The van der Waals surface area contributed by atoms with Crippen molar-refractivity contribution in [3.63, 3.8) is 0 Å². The minimum Gasteiger partial charge on any atom is -0.398 e. The number of carbonyl (C=O) groups is 1. The number of sulfonamides is 1. The van der Waals surface area contributed by atoms with Crippen LogP contribution < -0.4 is 16.2 Å². The van der Waals surface area contributed by atoms with E-state index >= 15 is 0 Å². The van der Waals surface area contributed by atoms with Crippen LogP contribution in [0.3, 0.4) is 0 Å². The summed E-state index contributed by atoms with van der Waals surface area (Å²) in [6.07, 6.45) is 0.200. The lowest BCUT2D eigenvalue weighted by Crippen LogP contribution is -2.27. The number of anilines is 1. The maximum atomic E-state index is 12.8. The van der Waals surface area contributed by atoms with Gasteiger partial charge in [-0.2, -0.15) is 0 Å². The van der Waals surface area contributed by atoms with Crippen LogP contribution in [0.25, 0.3) is 0 Å². The highest BCUT2D eigenvalue weighted by Gasteiger charge is 2.10. The van der Waals surface area contributed by atoms with Gasteiger partial charge in [-0.1, -0.05) is 0 Å². The van der Waals surface area contributed by atoms with Crippen LogP contribution in [-0.4, -0.2) is 26.6 Å². The van der Waals surface area contributed by atoms with Crippen molar-refractivity contribution >= 4 is 21.6 Å². The molecule has 0 aromatic heterocycles. The Morgan fingerprint density at radius 1 is 1.39 bits per heavy atom. The number of amides is 1. The van der Waals surface area contributed by atoms with Crippen LogP contribution in [0.15, 0.2) is 18.2 Å². The molecule has 100 valence electrons. The third kappa shape index (κ3) is 4.68. The predicted molar refractivity (Wildman–Crippen MR) is 65.7 cm³/mol. The molecule has 0 radical (unpaired) electrons. The Morgan fingerprint density at radius 3 is 2.61 bits per heavy atom. The van der Waals surface area contributed by atoms with Crippen molar-refractivity contribution in [2.45, 2.75) is 6.42 Å². The van der Waals surface area contributed by atoms with Gasteiger partial charge in [0.15, 0.2) is 0 Å². The normalized spacial score (nSPS) is 11.2. The zero-order chi connectivity index (χ0) is 13.8. The van der Waals surface area contributed by atoms with E-state index in [1.807, 2.05) is 0 Å². The molecule has 0 aliphatic rings. The van der Waals surface area contributed by atoms with Crippen molar-refractivity contribution in [3.8, 4) is 0 Å². The molecule has 0 aliphatic heterocycles. The number of rotatable bonds is 5. The minimum atomic E-state index is -3.53. The van der Waals surface area contributed by atoms with E-state index in [1.165, 1.54) is 6.07 Å². The number of nitrogens with two attached hydrogens (primary N) is 2. The summed E-state index contributed by atoms with van der Waals surface area (Å²) >= 11 is 0. The van der Waals surface area contributed by atoms with Gasteiger partial charge in [0, 0.05) is 12.2 Å². The van der Waals surface area contributed by atoms with E-state index in [1.54, 1.807) is 0 Å². The summed E-state index contributed by atoms with van der Waals surface area (Å²) in [6.45, 7) is 0.145. The van der Waals surface area contributed by atoms with Gasteiger partial charge in [-0.15, -0.1) is 0 Å². The summed E-state index contributed by atoms with van der Waals surface area (Å²) < 4.78 is 34.0. The molecule has 0 bridgehead atoms. The Balaban J connectivity index is 2.51. The highest BCUT2D eigenvalue weighted by Crippen LogP contribution is 2.12. The Morgan fingerprint density at radius 2 is 2.06 bits per heavy atom. The molecule has 0 unspecified atom stereocenters. The first-order chi connectivity index (χ1) is 8.29. The number of hydrogen-bond donors (Lipinski definition) is 3. The van der Waals surface area contributed by atoms with Gasteiger partial charge in [-0.05, 0) is 24.6 Å². The Labute approximate surface area is 104 Å². The van der Waals surface area contributed by atoms with Crippen LogP contribution in [-0.2, 0) is 10.0 Å². The standard InChI is InChI=1S/C10H14FN3O3S/c11-7-2-3-8(9(12)6-7)10(15)14-4-1-5-18(13,16)17/h2-3,6H,1,4-5,12H2,(H,14,15)(H2,13,16,17). The van der Waals surface area contributed by atoms with Crippen molar-refractivity contribution in [3.05, 3.63) is 29.6 Å². The van der Waals surface area contributed by atoms with E-state index in [2.05, 4.69) is 5.32 Å². The summed E-state index contributed by atoms with van der Waals surface area (Å²) in [4.78, 5) is 11.6. The molecular formula is C10H14FN3O3S. The minimum absolute atomic E-state index is 0.0268. The van der Waals surface area contributed by atoms with Crippen LogP contribution in [0.1, 0.15) is 16.8 Å². The average molecular weight is 275 g/mol. The fourth-order valence-corrected chi connectivity index (χ4v) is 1.86. The number of halogens is 1. The number of hydrogen-bond acceptors (Lipinski definition) is 4. The summed E-state index contributed by atoms with van der Waals surface area (Å²) in [6, 6.07) is 3.43. The van der Waals surface area contributed by atoms with E-state index in [0.29, 0.717) is 0 Å². The Hall–Kier alpha value is -1.67. The van der Waals surface area contributed by atoms with E-state index in [4.69, 9.17) is 10.9 Å². The smallest absolute Gasteiger partial charge is 0.253 e. The quantitative estimate of drug-likeness (QED) is 0.510. The Bertz CT molecular complexity index is 545. The second kappa shape index (κ2) is 5.78. The number of primary sulfonamides is 1. The molecule has 5 N–H and O–H groups in total. The lowest BCUT2D eigenvalue weighted by Gasteiger charge is -2.07. The molecule has 0 atom stereocenters. The van der Waals surface area contributed by atoms with Gasteiger partial charge < -0.3 is 11.1 Å². The van der Waals surface area contributed by atoms with Gasteiger partial charge in [0.05, 0.1) is 11.3 Å². The van der Waals surface area contributed by atoms with Gasteiger partial charge in [0.2, 0.25) is 10.0 Å². The molecule has 1 rings (SSSR count). The highest BCUT2D eigenvalue weighted by atomic mass is 32.2. The lowest BCUT2D eigenvalue weighted by atomic mass is 10.1. The number of benzene rings is 1. The van der Waals surface area contributed by atoms with E-state index in [0.717, 1.165) is 12.1 Å². The van der Waals surface area contributed by atoms with Crippen LogP contribution in [0.4, 0.5) is 10.1 Å². The molecule has 1 aromatic carbocycles. The van der Waals surface area contributed by atoms with Crippen LogP contribution in [0.2, 0.25) is 0 Å². The van der Waals surface area contributed by atoms with Crippen molar-refractivity contribution < 1.29 is 17.6 Å². The molecule has 0 spiro atoms. The molecular weight excluding hydrogens is 261 g/mol. The van der Waals surface area contributed by atoms with Crippen molar-refractivity contribution in [2.75, 3.05) is 18.0 Å². The monoisotopic (exact) mass is 275 g/mol. The van der Waals surface area contributed by atoms with Crippen molar-refractivity contribution in [1.29, 1.82) is 0 Å². The molecule has 0 aliphatic carbocycles. The van der Waals surface area contributed by atoms with E-state index in [-0.39, 0.29) is 30.0 Å². The van der Waals surface area contributed by atoms with Crippen LogP contribution in [0.5, 0.6) is 0 Å². The summed E-state index contributed by atoms with van der Waals surface area (Å²) in [5.41, 5.74) is 5.65. The summed E-state index contributed by atoms with van der Waals surface area (Å²) in [7, 11) is -3.53. The first-order valence-corrected chi connectivity index (χ1v) is 6.85. The molecule has 0 saturated carbocycles. The van der Waals surface area contributed by atoms with E-state index in [9.17, 15) is 17.6 Å². The molecule has 0 heterocycles. The van der Waals surface area contributed by atoms with Crippen molar-refractivity contribution in [2.24, 2.45) is 5.14 Å². The molecule has 18 heavy (non-hydrogen) atoms. The first-order valence-electron chi connectivity index (χ1n) is 5.13. The lowest BCUT2D eigenvalue weighted by molar-refractivity contribution is 0.0954. The Kier molecular flexibility index (Phi) is 4.62.